The van der Waals surface area contributed by atoms with Gasteiger partial charge < -0.3 is 19.7 Å². The van der Waals surface area contributed by atoms with Crippen LogP contribution in [0.5, 0.6) is 11.5 Å². The number of benzene rings is 1. The summed E-state index contributed by atoms with van der Waals surface area (Å²) in [5.41, 5.74) is 0. The van der Waals surface area contributed by atoms with Crippen molar-refractivity contribution in [3.63, 3.8) is 0 Å². The molecular formula is C22H32O6. The van der Waals surface area contributed by atoms with E-state index >= 15 is 0 Å². The zero-order chi connectivity index (χ0) is 20.6. The molecule has 0 saturated heterocycles. The lowest BCUT2D eigenvalue weighted by atomic mass is 10.1. The third kappa shape index (κ3) is 10.6. The summed E-state index contributed by atoms with van der Waals surface area (Å²) in [4.78, 5) is 22.0. The predicted octanol–water partition coefficient (Wildman–Crippen LogP) is 5.07. The Hall–Kier alpha value is -2.50. The van der Waals surface area contributed by atoms with Crippen molar-refractivity contribution in [2.45, 2.75) is 70.8 Å². The highest BCUT2D eigenvalue weighted by Gasteiger charge is 2.20. The lowest BCUT2D eigenvalue weighted by Gasteiger charge is -2.17. The van der Waals surface area contributed by atoms with Crippen molar-refractivity contribution in [1.82, 2.24) is 0 Å². The standard InChI is InChI=1S/C22H32O6/c1-2-3-4-5-6-7-8-9-15-20(22(25)26)28-19-14-11-10-13-18(19)27-17-12-16-21(23)24/h10-14,16,20H,2-9,15,17H2,1H3,(H,23,24)(H,25,26)/b16-12+. The van der Waals surface area contributed by atoms with Gasteiger partial charge in [-0.25, -0.2) is 9.59 Å². The average Bonchev–Trinajstić information content (AvgIpc) is 2.67. The zero-order valence-corrected chi connectivity index (χ0v) is 16.6. The van der Waals surface area contributed by atoms with Crippen molar-refractivity contribution in [2.24, 2.45) is 0 Å². The van der Waals surface area contributed by atoms with E-state index in [1.165, 1.54) is 38.2 Å². The second kappa shape index (κ2) is 14.5. The van der Waals surface area contributed by atoms with Gasteiger partial charge in [-0.15, -0.1) is 0 Å². The van der Waals surface area contributed by atoms with Gasteiger partial charge >= 0.3 is 11.9 Å². The number of hydrogen-bond acceptors (Lipinski definition) is 4. The highest BCUT2D eigenvalue weighted by molar-refractivity contribution is 5.79. The molecule has 1 aromatic rings. The van der Waals surface area contributed by atoms with Gasteiger partial charge in [0.05, 0.1) is 0 Å². The zero-order valence-electron chi connectivity index (χ0n) is 16.6. The van der Waals surface area contributed by atoms with E-state index in [-0.39, 0.29) is 6.61 Å². The first-order valence-electron chi connectivity index (χ1n) is 10.0. The smallest absolute Gasteiger partial charge is 0.344 e. The van der Waals surface area contributed by atoms with Crippen molar-refractivity contribution in [1.29, 1.82) is 0 Å². The lowest BCUT2D eigenvalue weighted by Crippen LogP contribution is -2.27. The summed E-state index contributed by atoms with van der Waals surface area (Å²) in [5, 5.41) is 18.0. The first-order chi connectivity index (χ1) is 13.5. The number of carboxylic acids is 2. The van der Waals surface area contributed by atoms with Crippen LogP contribution in [-0.4, -0.2) is 34.9 Å². The van der Waals surface area contributed by atoms with Gasteiger partial charge in [-0.3, -0.25) is 0 Å². The minimum atomic E-state index is -1.05. The van der Waals surface area contributed by atoms with Gasteiger partial charge in [0.15, 0.2) is 17.6 Å². The molecule has 2 N–H and O–H groups in total. The van der Waals surface area contributed by atoms with E-state index in [1.807, 2.05) is 0 Å². The molecule has 6 nitrogen and oxygen atoms in total. The number of aliphatic carboxylic acids is 2. The van der Waals surface area contributed by atoms with Crippen LogP contribution >= 0.6 is 0 Å². The molecule has 6 heteroatoms. The van der Waals surface area contributed by atoms with E-state index in [4.69, 9.17) is 14.6 Å². The Morgan fingerprint density at radius 2 is 1.57 bits per heavy atom. The Morgan fingerprint density at radius 3 is 2.18 bits per heavy atom. The number of ether oxygens (including phenoxy) is 2. The van der Waals surface area contributed by atoms with Gasteiger partial charge in [0.25, 0.3) is 0 Å². The van der Waals surface area contributed by atoms with E-state index in [1.54, 1.807) is 24.3 Å². The molecule has 0 aliphatic heterocycles. The maximum absolute atomic E-state index is 11.5. The Balaban J connectivity index is 2.46. The largest absolute Gasteiger partial charge is 0.486 e. The van der Waals surface area contributed by atoms with Gasteiger partial charge in [0, 0.05) is 6.08 Å². The summed E-state index contributed by atoms with van der Waals surface area (Å²) < 4.78 is 11.2. The molecule has 1 unspecified atom stereocenters. The number of carboxylic acid groups (broad SMARTS) is 2. The summed E-state index contributed by atoms with van der Waals surface area (Å²) in [6.45, 7) is 2.25. The third-order valence-corrected chi connectivity index (χ3v) is 4.31. The van der Waals surface area contributed by atoms with Crippen molar-refractivity contribution in [2.75, 3.05) is 6.61 Å². The van der Waals surface area contributed by atoms with Crippen molar-refractivity contribution < 1.29 is 29.3 Å². The van der Waals surface area contributed by atoms with Crippen LogP contribution in [0.25, 0.3) is 0 Å². The van der Waals surface area contributed by atoms with Crippen LogP contribution in [0, 0.1) is 0 Å². The van der Waals surface area contributed by atoms with Crippen molar-refractivity contribution in [3.05, 3.63) is 36.4 Å². The summed E-state index contributed by atoms with van der Waals surface area (Å²) in [6, 6.07) is 6.81. The van der Waals surface area contributed by atoms with E-state index in [0.717, 1.165) is 25.3 Å². The van der Waals surface area contributed by atoms with Crippen molar-refractivity contribution in [3.8, 4) is 11.5 Å². The highest BCUT2D eigenvalue weighted by Crippen LogP contribution is 2.28. The van der Waals surface area contributed by atoms with Crippen LogP contribution in [0.1, 0.15) is 64.7 Å². The molecule has 0 bridgehead atoms. The molecule has 0 amide bonds. The van der Waals surface area contributed by atoms with Gasteiger partial charge in [-0.1, -0.05) is 64.0 Å². The maximum atomic E-state index is 11.5. The van der Waals surface area contributed by atoms with Crippen LogP contribution < -0.4 is 9.47 Å². The summed E-state index contributed by atoms with van der Waals surface area (Å²) in [7, 11) is 0. The molecule has 0 spiro atoms. The van der Waals surface area contributed by atoms with Gasteiger partial charge in [-0.05, 0) is 31.1 Å². The molecule has 1 atom stereocenters. The predicted molar refractivity (Wildman–Crippen MR) is 108 cm³/mol. The Morgan fingerprint density at radius 1 is 0.964 bits per heavy atom. The molecule has 0 aromatic heterocycles. The van der Waals surface area contributed by atoms with Crippen LogP contribution in [0.2, 0.25) is 0 Å². The van der Waals surface area contributed by atoms with E-state index in [0.29, 0.717) is 17.9 Å². The Labute approximate surface area is 167 Å². The van der Waals surface area contributed by atoms with Crippen LogP contribution in [0.4, 0.5) is 0 Å². The molecule has 0 radical (unpaired) electrons. The fraction of sp³-hybridized carbons (Fsp3) is 0.545. The summed E-state index contributed by atoms with van der Waals surface area (Å²) in [6.07, 6.45) is 11.0. The minimum absolute atomic E-state index is 0.0580. The third-order valence-electron chi connectivity index (χ3n) is 4.31. The normalized spacial score (nSPS) is 12.0. The Bertz CT molecular complexity index is 611. The van der Waals surface area contributed by atoms with Gasteiger partial charge in [-0.2, -0.15) is 0 Å². The maximum Gasteiger partial charge on any atom is 0.344 e. The van der Waals surface area contributed by atoms with E-state index < -0.39 is 18.0 Å². The topological polar surface area (TPSA) is 93.1 Å². The molecule has 28 heavy (non-hydrogen) atoms. The summed E-state index contributed by atoms with van der Waals surface area (Å²) in [5.74, 6) is -1.31. The fourth-order valence-corrected chi connectivity index (χ4v) is 2.80. The van der Waals surface area contributed by atoms with Gasteiger partial charge in [0.2, 0.25) is 0 Å². The number of rotatable bonds is 16. The number of unbranched alkanes of at least 4 members (excludes halogenated alkanes) is 7. The minimum Gasteiger partial charge on any atom is -0.486 e. The first-order valence-corrected chi connectivity index (χ1v) is 10.0. The number of para-hydroxylation sites is 2. The lowest BCUT2D eigenvalue weighted by molar-refractivity contribution is -0.145. The first kappa shape index (κ1) is 23.5. The molecule has 1 aromatic carbocycles. The summed E-state index contributed by atoms with van der Waals surface area (Å²) >= 11 is 0. The molecular weight excluding hydrogens is 360 g/mol. The second-order valence-electron chi connectivity index (χ2n) is 6.71. The highest BCUT2D eigenvalue weighted by atomic mass is 16.5. The van der Waals surface area contributed by atoms with E-state index in [9.17, 15) is 14.7 Å². The van der Waals surface area contributed by atoms with E-state index in [2.05, 4.69) is 6.92 Å². The second-order valence-corrected chi connectivity index (χ2v) is 6.71. The fourth-order valence-electron chi connectivity index (χ4n) is 2.80. The molecule has 1 rings (SSSR count). The van der Waals surface area contributed by atoms with Crippen LogP contribution in [0.15, 0.2) is 36.4 Å². The van der Waals surface area contributed by atoms with Crippen LogP contribution in [-0.2, 0) is 9.59 Å². The van der Waals surface area contributed by atoms with Crippen molar-refractivity contribution >= 4 is 11.9 Å². The molecule has 156 valence electrons. The molecule has 0 aliphatic carbocycles. The molecule has 0 aliphatic rings. The number of carbonyl (C=O) groups is 2. The monoisotopic (exact) mass is 392 g/mol. The average molecular weight is 392 g/mol. The molecule has 0 heterocycles. The molecule has 0 saturated carbocycles. The molecule has 0 fully saturated rings. The Kier molecular flexibility index (Phi) is 12.2. The van der Waals surface area contributed by atoms with Crippen LogP contribution in [0.3, 0.4) is 0 Å². The quantitative estimate of drug-likeness (QED) is 0.301. The SMILES string of the molecule is CCCCCCCCCCC(Oc1ccccc1OC/C=C/C(=O)O)C(=O)O. The number of hydrogen-bond donors (Lipinski definition) is 2. The van der Waals surface area contributed by atoms with Gasteiger partial charge in [0.1, 0.15) is 6.61 Å².